The summed E-state index contributed by atoms with van der Waals surface area (Å²) in [5.41, 5.74) is 2.94. The fourth-order valence-electron chi connectivity index (χ4n) is 3.44. The predicted octanol–water partition coefficient (Wildman–Crippen LogP) is 5.94. The van der Waals surface area contributed by atoms with E-state index in [1.165, 1.54) is 23.9 Å². The van der Waals surface area contributed by atoms with E-state index in [0.29, 0.717) is 30.2 Å². The van der Waals surface area contributed by atoms with E-state index in [9.17, 15) is 9.18 Å². The fraction of sp³-hybridized carbons (Fsp3) is 0.217. The van der Waals surface area contributed by atoms with Crippen molar-refractivity contribution in [3.05, 3.63) is 86.8 Å². The summed E-state index contributed by atoms with van der Waals surface area (Å²) < 4.78 is 25.1. The average Bonchev–Trinajstić information content (AvgIpc) is 3.21. The van der Waals surface area contributed by atoms with Gasteiger partial charge in [0, 0.05) is 6.20 Å². The molecule has 5 nitrogen and oxygen atoms in total. The number of rotatable bonds is 6. The first-order valence-electron chi connectivity index (χ1n) is 9.73. The van der Waals surface area contributed by atoms with Crippen LogP contribution < -0.4 is 4.74 Å². The van der Waals surface area contributed by atoms with Gasteiger partial charge in [-0.05, 0) is 70.6 Å². The molecule has 2 aromatic rings. The van der Waals surface area contributed by atoms with Gasteiger partial charge in [-0.25, -0.2) is 14.2 Å². The summed E-state index contributed by atoms with van der Waals surface area (Å²) in [6.07, 6.45) is 1.92. The van der Waals surface area contributed by atoms with Crippen LogP contribution >= 0.6 is 27.7 Å². The molecule has 0 unspecified atom stereocenters. The number of amidine groups is 1. The summed E-state index contributed by atoms with van der Waals surface area (Å²) in [6, 6.07) is 11.6. The van der Waals surface area contributed by atoms with Crippen LogP contribution in [0.4, 0.5) is 4.39 Å². The van der Waals surface area contributed by atoms with Gasteiger partial charge in [0.05, 0.1) is 28.4 Å². The highest BCUT2D eigenvalue weighted by molar-refractivity contribution is 9.10. The molecule has 0 spiro atoms. The van der Waals surface area contributed by atoms with Crippen molar-refractivity contribution in [2.45, 2.75) is 26.5 Å². The molecule has 0 amide bonds. The van der Waals surface area contributed by atoms with Crippen molar-refractivity contribution < 1.29 is 18.7 Å². The zero-order valence-electron chi connectivity index (χ0n) is 17.0. The Balaban J connectivity index is 1.62. The van der Waals surface area contributed by atoms with E-state index in [2.05, 4.69) is 20.9 Å². The van der Waals surface area contributed by atoms with Crippen molar-refractivity contribution in [2.75, 3.05) is 6.61 Å². The van der Waals surface area contributed by atoms with Gasteiger partial charge in [-0.15, -0.1) is 0 Å². The van der Waals surface area contributed by atoms with E-state index in [-0.39, 0.29) is 17.8 Å². The summed E-state index contributed by atoms with van der Waals surface area (Å²) >= 11 is 5.10. The Bertz CT molecular complexity index is 1100. The van der Waals surface area contributed by atoms with Gasteiger partial charge in [0.25, 0.3) is 0 Å². The summed E-state index contributed by atoms with van der Waals surface area (Å²) in [5, 5.41) is 2.77. The highest BCUT2D eigenvalue weighted by atomic mass is 79.9. The number of halogens is 2. The molecule has 0 bridgehead atoms. The number of ether oxygens (including phenoxy) is 2. The topological polar surface area (TPSA) is 51.1 Å². The van der Waals surface area contributed by atoms with Gasteiger partial charge in [-0.2, -0.15) is 0 Å². The Morgan fingerprint density at radius 3 is 2.74 bits per heavy atom. The maximum absolute atomic E-state index is 13.1. The Labute approximate surface area is 192 Å². The van der Waals surface area contributed by atoms with E-state index in [0.717, 1.165) is 20.8 Å². The molecule has 0 saturated carbocycles. The Morgan fingerprint density at radius 1 is 1.26 bits per heavy atom. The molecular weight excluding hydrogens is 483 g/mol. The Hall–Kier alpha value is -2.58. The van der Waals surface area contributed by atoms with Gasteiger partial charge in [0.1, 0.15) is 18.2 Å². The third kappa shape index (κ3) is 4.55. The van der Waals surface area contributed by atoms with Crippen molar-refractivity contribution in [2.24, 2.45) is 4.99 Å². The van der Waals surface area contributed by atoms with Crippen LogP contribution in [0.1, 0.15) is 31.0 Å². The second-order valence-corrected chi connectivity index (χ2v) is 8.66. The van der Waals surface area contributed by atoms with Crippen molar-refractivity contribution in [1.29, 1.82) is 0 Å². The van der Waals surface area contributed by atoms with E-state index in [1.807, 2.05) is 41.6 Å². The number of aliphatic imine (C=N–C) groups is 1. The number of carbonyl (C=O) groups excluding carboxylic acids is 1. The molecule has 0 aliphatic carbocycles. The lowest BCUT2D eigenvalue weighted by atomic mass is 9.95. The second-order valence-electron chi connectivity index (χ2n) is 6.93. The van der Waals surface area contributed by atoms with Crippen molar-refractivity contribution in [1.82, 2.24) is 4.90 Å². The maximum Gasteiger partial charge on any atom is 0.338 e. The van der Waals surface area contributed by atoms with Crippen molar-refractivity contribution in [3.8, 4) is 5.75 Å². The standard InChI is InChI=1S/C23H20BrFN2O3S/c1-3-29-22(28)20-14(2)26-23-27(10-11-31-23)21(20)16-6-9-19(18(24)12-16)30-13-15-4-7-17(25)8-5-15/h4-12,21H,3,13H2,1-2H3/t21-/m0/s1. The summed E-state index contributed by atoms with van der Waals surface area (Å²) in [7, 11) is 0. The number of thioether (sulfide) groups is 1. The number of fused-ring (bicyclic) bond motifs is 1. The van der Waals surface area contributed by atoms with Gasteiger partial charge in [0.15, 0.2) is 5.17 Å². The first-order chi connectivity index (χ1) is 15.0. The number of allylic oxidation sites excluding steroid dienone is 1. The minimum Gasteiger partial charge on any atom is -0.488 e. The molecular formula is C23H20BrFN2O3S. The quantitative estimate of drug-likeness (QED) is 0.457. The summed E-state index contributed by atoms with van der Waals surface area (Å²) in [5.74, 6) is 0.00732. The van der Waals surface area contributed by atoms with Crippen molar-refractivity contribution in [3.63, 3.8) is 0 Å². The van der Waals surface area contributed by atoms with Crippen LogP contribution in [0, 0.1) is 5.82 Å². The Kier molecular flexibility index (Phi) is 6.48. The Morgan fingerprint density at radius 2 is 2.03 bits per heavy atom. The second kappa shape index (κ2) is 9.28. The van der Waals surface area contributed by atoms with Crippen LogP contribution in [0.5, 0.6) is 5.75 Å². The maximum atomic E-state index is 13.1. The smallest absolute Gasteiger partial charge is 0.338 e. The highest BCUT2D eigenvalue weighted by Crippen LogP contribution is 2.42. The van der Waals surface area contributed by atoms with Crippen LogP contribution in [0.2, 0.25) is 0 Å². The number of esters is 1. The lowest BCUT2D eigenvalue weighted by Gasteiger charge is -2.33. The van der Waals surface area contributed by atoms with E-state index in [4.69, 9.17) is 9.47 Å². The minimum absolute atomic E-state index is 0.278. The molecule has 0 fully saturated rings. The normalized spacial score (nSPS) is 17.5. The van der Waals surface area contributed by atoms with Gasteiger partial charge < -0.3 is 14.4 Å². The summed E-state index contributed by atoms with van der Waals surface area (Å²) in [6.45, 7) is 4.23. The molecule has 0 N–H and O–H groups in total. The molecule has 4 rings (SSSR count). The largest absolute Gasteiger partial charge is 0.488 e. The highest BCUT2D eigenvalue weighted by Gasteiger charge is 2.37. The predicted molar refractivity (Wildman–Crippen MR) is 123 cm³/mol. The third-order valence-electron chi connectivity index (χ3n) is 4.90. The van der Waals surface area contributed by atoms with Crippen LogP contribution in [0.25, 0.3) is 0 Å². The molecule has 2 aromatic carbocycles. The van der Waals surface area contributed by atoms with E-state index >= 15 is 0 Å². The zero-order valence-corrected chi connectivity index (χ0v) is 19.4. The van der Waals surface area contributed by atoms with Crippen LogP contribution in [-0.2, 0) is 16.1 Å². The molecule has 2 aliphatic heterocycles. The molecule has 2 aliphatic rings. The lowest BCUT2D eigenvalue weighted by molar-refractivity contribution is -0.139. The molecule has 0 saturated heterocycles. The molecule has 2 heterocycles. The van der Waals surface area contributed by atoms with Gasteiger partial charge >= 0.3 is 5.97 Å². The number of hydrogen-bond donors (Lipinski definition) is 0. The van der Waals surface area contributed by atoms with Crippen molar-refractivity contribution >= 4 is 38.8 Å². The zero-order chi connectivity index (χ0) is 22.0. The van der Waals surface area contributed by atoms with Crippen LogP contribution in [-0.4, -0.2) is 22.6 Å². The minimum atomic E-state index is -0.370. The molecule has 8 heteroatoms. The number of nitrogens with zero attached hydrogens (tertiary/aromatic N) is 2. The molecule has 1 atom stereocenters. The number of hydrogen-bond acceptors (Lipinski definition) is 6. The summed E-state index contributed by atoms with van der Waals surface area (Å²) in [4.78, 5) is 19.3. The number of benzene rings is 2. The molecule has 0 radical (unpaired) electrons. The molecule has 0 aromatic heterocycles. The average molecular weight is 503 g/mol. The van der Waals surface area contributed by atoms with Crippen LogP contribution in [0.15, 0.2) is 74.8 Å². The number of carbonyl (C=O) groups is 1. The molecule has 160 valence electrons. The van der Waals surface area contributed by atoms with E-state index < -0.39 is 0 Å². The van der Waals surface area contributed by atoms with Gasteiger partial charge in [-0.1, -0.05) is 30.0 Å². The van der Waals surface area contributed by atoms with E-state index in [1.54, 1.807) is 19.1 Å². The molecule has 31 heavy (non-hydrogen) atoms. The monoisotopic (exact) mass is 502 g/mol. The third-order valence-corrected chi connectivity index (χ3v) is 6.29. The first kappa shape index (κ1) is 21.6. The fourth-order valence-corrected chi connectivity index (χ4v) is 4.75. The van der Waals surface area contributed by atoms with Crippen LogP contribution in [0.3, 0.4) is 0 Å². The lowest BCUT2D eigenvalue weighted by Crippen LogP contribution is -2.34. The SMILES string of the molecule is CCOC(=O)C1=C(C)N=C2SC=CN2[C@H]1c1ccc(OCc2ccc(F)cc2)c(Br)c1. The van der Waals surface area contributed by atoms with Gasteiger partial charge in [-0.3, -0.25) is 0 Å². The first-order valence-corrected chi connectivity index (χ1v) is 11.4. The van der Waals surface area contributed by atoms with Gasteiger partial charge in [0.2, 0.25) is 0 Å².